The molecule has 4 rings (SSSR count). The van der Waals surface area contributed by atoms with Crippen molar-refractivity contribution < 1.29 is 19.1 Å². The van der Waals surface area contributed by atoms with Crippen LogP contribution in [-0.2, 0) is 19.1 Å². The van der Waals surface area contributed by atoms with E-state index in [1.54, 1.807) is 0 Å². The first-order chi connectivity index (χ1) is 15.0. The van der Waals surface area contributed by atoms with Crippen molar-refractivity contribution in [2.45, 2.75) is 132 Å². The minimum Gasteiger partial charge on any atom is -0.460 e. The van der Waals surface area contributed by atoms with Crippen molar-refractivity contribution in [3.05, 3.63) is 0 Å². The molecule has 0 radical (unpaired) electrons. The highest BCUT2D eigenvalue weighted by atomic mass is 16.6. The van der Waals surface area contributed by atoms with Crippen LogP contribution in [0.2, 0.25) is 0 Å². The van der Waals surface area contributed by atoms with E-state index >= 15 is 0 Å². The Hall–Kier alpha value is -1.06. The number of hydrogen-bond donors (Lipinski definition) is 0. The van der Waals surface area contributed by atoms with Gasteiger partial charge in [0.1, 0.15) is 11.2 Å². The van der Waals surface area contributed by atoms with E-state index in [4.69, 9.17) is 9.47 Å². The Balaban J connectivity index is 1.79. The van der Waals surface area contributed by atoms with Crippen LogP contribution < -0.4 is 0 Å². The lowest BCUT2D eigenvalue weighted by Gasteiger charge is -2.64. The van der Waals surface area contributed by atoms with Crippen molar-refractivity contribution in [2.24, 2.45) is 39.9 Å². The molecule has 0 aromatic carbocycles. The molecule has 0 spiro atoms. The fourth-order valence-corrected chi connectivity index (χ4v) is 7.12. The molecule has 4 bridgehead atoms. The largest absolute Gasteiger partial charge is 0.460 e. The van der Waals surface area contributed by atoms with E-state index in [1.165, 1.54) is 19.3 Å². The molecule has 33 heavy (non-hydrogen) atoms. The third kappa shape index (κ3) is 5.01. The van der Waals surface area contributed by atoms with Gasteiger partial charge in [-0.2, -0.15) is 0 Å². The second kappa shape index (κ2) is 8.55. The van der Waals surface area contributed by atoms with Gasteiger partial charge in [-0.25, -0.2) is 0 Å². The van der Waals surface area contributed by atoms with Gasteiger partial charge in [0.2, 0.25) is 0 Å². The van der Waals surface area contributed by atoms with Gasteiger partial charge in [0, 0.05) is 5.41 Å². The van der Waals surface area contributed by atoms with Crippen LogP contribution in [-0.4, -0.2) is 23.1 Å². The lowest BCUT2D eigenvalue weighted by Crippen LogP contribution is -2.61. The summed E-state index contributed by atoms with van der Waals surface area (Å²) in [5.41, 5.74) is -1.74. The SMILES string of the molecule is CCC(C)(C)C(=O)OC(C)(C)C12CC3CC(C1)C(CC(C)(CC)C(=O)OC(C)(C)C)C(C3)C2. The van der Waals surface area contributed by atoms with Crippen LogP contribution in [0.25, 0.3) is 0 Å². The van der Waals surface area contributed by atoms with Crippen molar-refractivity contribution in [1.29, 1.82) is 0 Å². The normalized spacial score (nSPS) is 33.5. The Kier molecular flexibility index (Phi) is 6.88. The number of carbonyl (C=O) groups excluding carboxylic acids is 2. The van der Waals surface area contributed by atoms with Gasteiger partial charge in [-0.15, -0.1) is 0 Å². The van der Waals surface area contributed by atoms with Crippen molar-refractivity contribution >= 4 is 11.9 Å². The quantitative estimate of drug-likeness (QED) is 0.354. The van der Waals surface area contributed by atoms with Crippen LogP contribution in [0.1, 0.15) is 121 Å². The number of esters is 2. The van der Waals surface area contributed by atoms with E-state index in [0.717, 1.165) is 38.0 Å². The third-order valence-corrected chi connectivity index (χ3v) is 9.89. The van der Waals surface area contributed by atoms with Crippen LogP contribution in [0, 0.1) is 39.9 Å². The monoisotopic (exact) mass is 462 g/mol. The molecule has 0 amide bonds. The molecule has 0 aromatic heterocycles. The highest BCUT2D eigenvalue weighted by Crippen LogP contribution is 2.67. The van der Waals surface area contributed by atoms with Crippen molar-refractivity contribution in [1.82, 2.24) is 0 Å². The Morgan fingerprint density at radius 2 is 1.33 bits per heavy atom. The smallest absolute Gasteiger partial charge is 0.312 e. The summed E-state index contributed by atoms with van der Waals surface area (Å²) in [6.07, 6.45) is 8.45. The molecular weight excluding hydrogens is 412 g/mol. The van der Waals surface area contributed by atoms with E-state index in [1.807, 2.05) is 34.6 Å². The van der Waals surface area contributed by atoms with E-state index in [0.29, 0.717) is 17.8 Å². The van der Waals surface area contributed by atoms with Crippen molar-refractivity contribution in [3.8, 4) is 0 Å². The van der Waals surface area contributed by atoms with Gasteiger partial charge in [-0.3, -0.25) is 9.59 Å². The second-order valence-electron chi connectivity index (χ2n) is 14.2. The van der Waals surface area contributed by atoms with Crippen molar-refractivity contribution in [2.75, 3.05) is 0 Å². The number of carbonyl (C=O) groups is 2. The van der Waals surface area contributed by atoms with Crippen LogP contribution in [0.3, 0.4) is 0 Å². The fraction of sp³-hybridized carbons (Fsp3) is 0.931. The topological polar surface area (TPSA) is 52.6 Å². The average molecular weight is 463 g/mol. The molecular formula is C29H50O4. The zero-order chi connectivity index (χ0) is 25.0. The molecule has 3 atom stereocenters. The molecule has 4 fully saturated rings. The minimum absolute atomic E-state index is 0.0444. The summed E-state index contributed by atoms with van der Waals surface area (Å²) in [4.78, 5) is 26.2. The van der Waals surface area contributed by atoms with Crippen LogP contribution >= 0.6 is 0 Å². The van der Waals surface area contributed by atoms with E-state index in [9.17, 15) is 9.59 Å². The predicted octanol–water partition coefficient (Wildman–Crippen LogP) is 7.34. The molecule has 0 saturated heterocycles. The van der Waals surface area contributed by atoms with Gasteiger partial charge in [0.15, 0.2) is 0 Å². The summed E-state index contributed by atoms with van der Waals surface area (Å²) in [6.45, 7) is 20.5. The molecule has 4 aliphatic rings. The van der Waals surface area contributed by atoms with Gasteiger partial charge in [0.25, 0.3) is 0 Å². The summed E-state index contributed by atoms with van der Waals surface area (Å²) in [7, 11) is 0. The first kappa shape index (κ1) is 26.5. The van der Waals surface area contributed by atoms with E-state index in [-0.39, 0.29) is 17.4 Å². The maximum Gasteiger partial charge on any atom is 0.312 e. The molecule has 3 unspecified atom stereocenters. The maximum absolute atomic E-state index is 13.2. The van der Waals surface area contributed by atoms with Crippen LogP contribution in [0.15, 0.2) is 0 Å². The summed E-state index contributed by atoms with van der Waals surface area (Å²) in [5.74, 6) is 2.40. The van der Waals surface area contributed by atoms with Gasteiger partial charge in [0.05, 0.1) is 10.8 Å². The first-order valence-corrected chi connectivity index (χ1v) is 13.4. The molecule has 4 aliphatic carbocycles. The van der Waals surface area contributed by atoms with Gasteiger partial charge in [-0.1, -0.05) is 13.8 Å². The van der Waals surface area contributed by atoms with Gasteiger partial charge in [-0.05, 0) is 130 Å². The molecule has 0 aromatic rings. The van der Waals surface area contributed by atoms with Gasteiger partial charge < -0.3 is 9.47 Å². The number of rotatable bonds is 8. The zero-order valence-corrected chi connectivity index (χ0v) is 23.1. The second-order valence-corrected chi connectivity index (χ2v) is 14.2. The molecule has 0 aliphatic heterocycles. The molecule has 190 valence electrons. The summed E-state index contributed by atoms with van der Waals surface area (Å²) in [6, 6.07) is 0. The average Bonchev–Trinajstić information content (AvgIpc) is 2.68. The Labute approximate surface area is 202 Å². The lowest BCUT2D eigenvalue weighted by molar-refractivity contribution is -0.217. The standard InChI is InChI=1S/C29H50O4/c1-11-26(6,7)23(30)33-27(8,9)29-15-19-13-20(16-29)22(21(14-19)17-29)18-28(10,12-2)24(31)32-25(3,4)5/h19-22H,11-18H2,1-10H3. The first-order valence-electron chi connectivity index (χ1n) is 13.4. The molecule has 4 nitrogen and oxygen atoms in total. The lowest BCUT2D eigenvalue weighted by atomic mass is 9.42. The van der Waals surface area contributed by atoms with Crippen molar-refractivity contribution in [3.63, 3.8) is 0 Å². The summed E-state index contributed by atoms with van der Waals surface area (Å²) >= 11 is 0. The highest BCUT2D eigenvalue weighted by Gasteiger charge is 2.62. The summed E-state index contributed by atoms with van der Waals surface area (Å²) < 4.78 is 12.2. The van der Waals surface area contributed by atoms with E-state index in [2.05, 4.69) is 34.6 Å². The maximum atomic E-state index is 13.2. The molecule has 4 heteroatoms. The Bertz CT molecular complexity index is 742. The molecule has 0 heterocycles. The van der Waals surface area contributed by atoms with E-state index < -0.39 is 22.0 Å². The fourth-order valence-electron chi connectivity index (χ4n) is 7.12. The predicted molar refractivity (Wildman–Crippen MR) is 133 cm³/mol. The number of hydrogen-bond acceptors (Lipinski definition) is 4. The van der Waals surface area contributed by atoms with Crippen LogP contribution in [0.4, 0.5) is 0 Å². The minimum atomic E-state index is -0.462. The zero-order valence-electron chi connectivity index (χ0n) is 23.1. The van der Waals surface area contributed by atoms with Crippen LogP contribution in [0.5, 0.6) is 0 Å². The highest BCUT2D eigenvalue weighted by molar-refractivity contribution is 5.77. The molecule has 0 N–H and O–H groups in total. The summed E-state index contributed by atoms with van der Waals surface area (Å²) in [5, 5.41) is 0. The number of ether oxygens (including phenoxy) is 2. The Morgan fingerprint density at radius 1 is 0.788 bits per heavy atom. The molecule has 4 saturated carbocycles. The van der Waals surface area contributed by atoms with Gasteiger partial charge >= 0.3 is 11.9 Å². The third-order valence-electron chi connectivity index (χ3n) is 9.89. The Morgan fingerprint density at radius 3 is 1.79 bits per heavy atom.